The number of carbonyl (C=O) groups excluding carboxylic acids is 1. The van der Waals surface area contributed by atoms with Crippen molar-refractivity contribution in [3.05, 3.63) is 36.8 Å². The SMILES string of the molecule is CC1(C)CC(=O)N(c2cn3c(-c4cccc(N[C@@H]5CCNC5)n4)cnc3cn2)C1. The Morgan fingerprint density at radius 2 is 2.14 bits per heavy atom. The summed E-state index contributed by atoms with van der Waals surface area (Å²) in [5, 5.41) is 6.85. The molecule has 29 heavy (non-hydrogen) atoms. The van der Waals surface area contributed by atoms with Gasteiger partial charge in [-0.25, -0.2) is 15.0 Å². The highest BCUT2D eigenvalue weighted by Crippen LogP contribution is 2.33. The van der Waals surface area contributed by atoms with Crippen LogP contribution in [0.15, 0.2) is 36.8 Å². The van der Waals surface area contributed by atoms with Gasteiger partial charge in [-0.2, -0.15) is 0 Å². The third kappa shape index (κ3) is 3.44. The van der Waals surface area contributed by atoms with Crippen molar-refractivity contribution in [3.8, 4) is 11.4 Å². The Balaban J connectivity index is 1.49. The van der Waals surface area contributed by atoms with Crippen LogP contribution in [0.4, 0.5) is 11.6 Å². The first-order valence-electron chi connectivity index (χ1n) is 10.1. The summed E-state index contributed by atoms with van der Waals surface area (Å²) >= 11 is 0. The summed E-state index contributed by atoms with van der Waals surface area (Å²) in [6.07, 6.45) is 7.04. The minimum Gasteiger partial charge on any atom is -0.366 e. The van der Waals surface area contributed by atoms with Gasteiger partial charge in [0, 0.05) is 25.6 Å². The van der Waals surface area contributed by atoms with E-state index in [4.69, 9.17) is 4.98 Å². The second-order valence-corrected chi connectivity index (χ2v) is 8.68. The van der Waals surface area contributed by atoms with E-state index in [1.165, 1.54) is 0 Å². The number of imidazole rings is 1. The van der Waals surface area contributed by atoms with Crippen LogP contribution in [0.5, 0.6) is 0 Å². The molecule has 0 spiro atoms. The number of hydrogen-bond acceptors (Lipinski definition) is 6. The van der Waals surface area contributed by atoms with Gasteiger partial charge in [0.05, 0.1) is 30.0 Å². The van der Waals surface area contributed by atoms with Gasteiger partial charge in [-0.1, -0.05) is 19.9 Å². The first-order valence-corrected chi connectivity index (χ1v) is 10.1. The zero-order valence-electron chi connectivity index (χ0n) is 16.7. The van der Waals surface area contributed by atoms with E-state index in [-0.39, 0.29) is 11.3 Å². The average molecular weight is 391 g/mol. The molecule has 3 aromatic rings. The highest BCUT2D eigenvalue weighted by Gasteiger charge is 2.37. The predicted molar refractivity (Wildman–Crippen MR) is 112 cm³/mol. The van der Waals surface area contributed by atoms with Gasteiger partial charge in [0.15, 0.2) is 11.5 Å². The second-order valence-electron chi connectivity index (χ2n) is 8.68. The largest absolute Gasteiger partial charge is 0.366 e. The molecule has 3 aromatic heterocycles. The molecule has 8 heteroatoms. The van der Waals surface area contributed by atoms with Gasteiger partial charge >= 0.3 is 0 Å². The molecule has 1 atom stereocenters. The summed E-state index contributed by atoms with van der Waals surface area (Å²) in [6.45, 7) is 6.87. The minimum absolute atomic E-state index is 0.0395. The summed E-state index contributed by atoms with van der Waals surface area (Å²) in [6, 6.07) is 6.37. The molecule has 5 rings (SSSR count). The van der Waals surface area contributed by atoms with Gasteiger partial charge in [0.1, 0.15) is 5.82 Å². The van der Waals surface area contributed by atoms with E-state index in [1.54, 1.807) is 17.3 Å². The van der Waals surface area contributed by atoms with Crippen LogP contribution in [0.2, 0.25) is 0 Å². The van der Waals surface area contributed by atoms with Crippen molar-refractivity contribution < 1.29 is 4.79 Å². The Hall–Kier alpha value is -3.00. The first-order chi connectivity index (χ1) is 14.0. The molecule has 0 aliphatic carbocycles. The van der Waals surface area contributed by atoms with Gasteiger partial charge in [0.25, 0.3) is 0 Å². The quantitative estimate of drug-likeness (QED) is 0.710. The fourth-order valence-electron chi connectivity index (χ4n) is 4.14. The highest BCUT2D eigenvalue weighted by atomic mass is 16.2. The lowest BCUT2D eigenvalue weighted by Gasteiger charge is -2.19. The van der Waals surface area contributed by atoms with Crippen molar-refractivity contribution in [2.75, 3.05) is 29.9 Å². The number of anilines is 2. The number of nitrogens with zero attached hydrogens (tertiary/aromatic N) is 5. The normalized spacial score (nSPS) is 21.2. The maximum atomic E-state index is 12.5. The van der Waals surface area contributed by atoms with E-state index < -0.39 is 0 Å². The van der Waals surface area contributed by atoms with Gasteiger partial charge < -0.3 is 10.6 Å². The van der Waals surface area contributed by atoms with Gasteiger partial charge in [-0.05, 0) is 30.5 Å². The summed E-state index contributed by atoms with van der Waals surface area (Å²) < 4.78 is 1.96. The molecule has 2 N–H and O–H groups in total. The molecule has 0 radical (unpaired) electrons. The van der Waals surface area contributed by atoms with E-state index >= 15 is 0 Å². The Kier molecular flexibility index (Phi) is 4.24. The summed E-state index contributed by atoms with van der Waals surface area (Å²) in [5.74, 6) is 1.62. The molecule has 2 aliphatic heterocycles. The van der Waals surface area contributed by atoms with Crippen molar-refractivity contribution in [3.63, 3.8) is 0 Å². The number of aromatic nitrogens is 4. The van der Waals surface area contributed by atoms with E-state index in [9.17, 15) is 4.79 Å². The topological polar surface area (TPSA) is 87.5 Å². The Labute approximate surface area is 169 Å². The predicted octanol–water partition coefficient (Wildman–Crippen LogP) is 2.33. The smallest absolute Gasteiger partial charge is 0.228 e. The maximum Gasteiger partial charge on any atom is 0.228 e. The van der Waals surface area contributed by atoms with E-state index in [1.807, 2.05) is 28.8 Å². The molecule has 0 saturated carbocycles. The first kappa shape index (κ1) is 18.1. The number of fused-ring (bicyclic) bond motifs is 1. The van der Waals surface area contributed by atoms with Gasteiger partial charge in [-0.3, -0.25) is 14.1 Å². The van der Waals surface area contributed by atoms with E-state index in [0.717, 1.165) is 42.4 Å². The third-order valence-corrected chi connectivity index (χ3v) is 5.60. The Bertz CT molecular complexity index is 1070. The van der Waals surface area contributed by atoms with Crippen LogP contribution >= 0.6 is 0 Å². The number of carbonyl (C=O) groups is 1. The maximum absolute atomic E-state index is 12.5. The molecule has 8 nitrogen and oxygen atoms in total. The molecule has 0 aromatic carbocycles. The zero-order valence-corrected chi connectivity index (χ0v) is 16.7. The van der Waals surface area contributed by atoms with Crippen LogP contribution in [0, 0.1) is 5.41 Å². The summed E-state index contributed by atoms with van der Waals surface area (Å²) in [7, 11) is 0. The van der Waals surface area contributed by atoms with Crippen molar-refractivity contribution in [1.29, 1.82) is 0 Å². The lowest BCUT2D eigenvalue weighted by atomic mass is 9.93. The van der Waals surface area contributed by atoms with Crippen LogP contribution in [0.1, 0.15) is 26.7 Å². The molecule has 0 unspecified atom stereocenters. The molecule has 1 amide bonds. The minimum atomic E-state index is -0.0395. The van der Waals surface area contributed by atoms with Gasteiger partial charge in [-0.15, -0.1) is 0 Å². The third-order valence-electron chi connectivity index (χ3n) is 5.60. The molecular weight excluding hydrogens is 366 g/mol. The highest BCUT2D eigenvalue weighted by molar-refractivity contribution is 5.95. The van der Waals surface area contributed by atoms with E-state index in [0.29, 0.717) is 24.8 Å². The lowest BCUT2D eigenvalue weighted by molar-refractivity contribution is -0.117. The van der Waals surface area contributed by atoms with Crippen molar-refractivity contribution in [2.24, 2.45) is 5.41 Å². The van der Waals surface area contributed by atoms with Crippen molar-refractivity contribution in [1.82, 2.24) is 24.7 Å². The molecule has 2 fully saturated rings. The summed E-state index contributed by atoms with van der Waals surface area (Å²) in [5.41, 5.74) is 2.40. The van der Waals surface area contributed by atoms with Crippen LogP contribution in [0.3, 0.4) is 0 Å². The van der Waals surface area contributed by atoms with Crippen molar-refractivity contribution >= 4 is 23.2 Å². The van der Waals surface area contributed by atoms with Crippen LogP contribution in [0.25, 0.3) is 17.0 Å². The van der Waals surface area contributed by atoms with Gasteiger partial charge in [0.2, 0.25) is 5.91 Å². The molecule has 5 heterocycles. The second kappa shape index (κ2) is 6.81. The number of nitrogens with one attached hydrogen (secondary N) is 2. The molecule has 0 bridgehead atoms. The number of rotatable bonds is 4. The average Bonchev–Trinajstić information content (AvgIpc) is 3.40. The fourth-order valence-corrected chi connectivity index (χ4v) is 4.14. The standard InChI is InChI=1S/C21H25N7O/c1-21(2)8-20(29)28(13-21)19-12-27-16(10-23-18(27)11-24-19)15-4-3-5-17(26-15)25-14-6-7-22-9-14/h3-5,10-12,14,22H,6-9,13H2,1-2H3,(H,25,26)/t14-/m1/s1. The molecule has 150 valence electrons. The van der Waals surface area contributed by atoms with Crippen molar-refractivity contribution in [2.45, 2.75) is 32.7 Å². The monoisotopic (exact) mass is 391 g/mol. The molecular formula is C21H25N7O. The lowest BCUT2D eigenvalue weighted by Crippen LogP contribution is -2.27. The molecule has 2 saturated heterocycles. The number of pyridine rings is 1. The zero-order chi connectivity index (χ0) is 20.0. The van der Waals surface area contributed by atoms with E-state index in [2.05, 4.69) is 34.4 Å². The Morgan fingerprint density at radius 1 is 1.24 bits per heavy atom. The van der Waals surface area contributed by atoms with Crippen LogP contribution < -0.4 is 15.5 Å². The number of amides is 1. The number of hydrogen-bond donors (Lipinski definition) is 2. The van der Waals surface area contributed by atoms with Crippen LogP contribution in [-0.2, 0) is 4.79 Å². The van der Waals surface area contributed by atoms with Crippen LogP contribution in [-0.4, -0.2) is 50.9 Å². The Morgan fingerprint density at radius 3 is 2.90 bits per heavy atom. The fraction of sp³-hybridized carbons (Fsp3) is 0.429. The summed E-state index contributed by atoms with van der Waals surface area (Å²) in [4.78, 5) is 28.0. The molecule has 2 aliphatic rings.